The summed E-state index contributed by atoms with van der Waals surface area (Å²) in [6, 6.07) is 4.61. The maximum atomic E-state index is 12.5. The number of nitrogens with zero attached hydrogens (tertiary/aromatic N) is 3. The highest BCUT2D eigenvalue weighted by Crippen LogP contribution is 2.23. The molecule has 30 heavy (non-hydrogen) atoms. The van der Waals surface area contributed by atoms with Crippen LogP contribution < -0.4 is 10.6 Å². The number of nitrogens with one attached hydrogen (secondary N) is 2. The van der Waals surface area contributed by atoms with E-state index in [0.717, 1.165) is 12.8 Å². The molecule has 1 aromatic carbocycles. The first-order chi connectivity index (χ1) is 14.3. The minimum atomic E-state index is -0.396. The molecule has 1 aliphatic carbocycles. The Morgan fingerprint density at radius 3 is 2.67 bits per heavy atom. The first-order valence-corrected chi connectivity index (χ1v) is 11.7. The van der Waals surface area contributed by atoms with Crippen molar-refractivity contribution in [2.45, 2.75) is 56.3 Å². The van der Waals surface area contributed by atoms with Gasteiger partial charge in [-0.2, -0.15) is 0 Å². The average Bonchev–Trinajstić information content (AvgIpc) is 3.07. The summed E-state index contributed by atoms with van der Waals surface area (Å²) in [5.74, 6) is 0.552. The third-order valence-electron chi connectivity index (χ3n) is 5.08. The minimum Gasteiger partial charge on any atom is -0.353 e. The largest absolute Gasteiger partial charge is 0.353 e. The molecule has 7 nitrogen and oxygen atoms in total. The van der Waals surface area contributed by atoms with Crippen LogP contribution >= 0.6 is 35.0 Å². The van der Waals surface area contributed by atoms with Gasteiger partial charge in [-0.05, 0) is 38.0 Å². The Kier molecular flexibility index (Phi) is 8.02. The van der Waals surface area contributed by atoms with Gasteiger partial charge >= 0.3 is 0 Å². The lowest BCUT2D eigenvalue weighted by atomic mass is 9.95. The fourth-order valence-electron chi connectivity index (χ4n) is 3.49. The average molecular weight is 470 g/mol. The normalized spacial score (nSPS) is 15.6. The lowest BCUT2D eigenvalue weighted by Gasteiger charge is -2.22. The summed E-state index contributed by atoms with van der Waals surface area (Å²) in [7, 11) is 1.81. The maximum Gasteiger partial charge on any atom is 0.253 e. The number of thioether (sulfide) groups is 1. The van der Waals surface area contributed by atoms with Gasteiger partial charge in [0.05, 0.1) is 22.4 Å². The molecule has 1 saturated carbocycles. The highest BCUT2D eigenvalue weighted by Gasteiger charge is 2.21. The number of amides is 2. The van der Waals surface area contributed by atoms with E-state index in [9.17, 15) is 9.59 Å². The van der Waals surface area contributed by atoms with Gasteiger partial charge in [-0.15, -0.1) is 10.2 Å². The van der Waals surface area contributed by atoms with Crippen LogP contribution in [0.25, 0.3) is 0 Å². The van der Waals surface area contributed by atoms with Gasteiger partial charge in [-0.25, -0.2) is 0 Å². The third kappa shape index (κ3) is 5.89. The zero-order valence-electron chi connectivity index (χ0n) is 17.0. The van der Waals surface area contributed by atoms with E-state index < -0.39 is 6.04 Å². The summed E-state index contributed by atoms with van der Waals surface area (Å²) < 4.78 is 1.78. The van der Waals surface area contributed by atoms with Crippen molar-refractivity contribution in [2.24, 2.45) is 7.05 Å². The molecule has 1 heterocycles. The van der Waals surface area contributed by atoms with Crippen molar-refractivity contribution >= 4 is 46.8 Å². The molecule has 1 fully saturated rings. The van der Waals surface area contributed by atoms with E-state index in [-0.39, 0.29) is 28.6 Å². The molecule has 0 bridgehead atoms. The highest BCUT2D eigenvalue weighted by atomic mass is 35.5. The molecule has 2 amide bonds. The van der Waals surface area contributed by atoms with Gasteiger partial charge in [-0.3, -0.25) is 9.59 Å². The molecule has 0 radical (unpaired) electrons. The van der Waals surface area contributed by atoms with Crippen molar-refractivity contribution in [3.63, 3.8) is 0 Å². The van der Waals surface area contributed by atoms with Crippen LogP contribution in [0.2, 0.25) is 10.0 Å². The Balaban J connectivity index is 1.55. The molecule has 3 rings (SSSR count). The molecule has 2 N–H and O–H groups in total. The number of hydrogen-bond donors (Lipinski definition) is 2. The van der Waals surface area contributed by atoms with Crippen molar-refractivity contribution in [1.82, 2.24) is 25.4 Å². The predicted octanol–water partition coefficient (Wildman–Crippen LogP) is 4.15. The van der Waals surface area contributed by atoms with Gasteiger partial charge in [-0.1, -0.05) is 54.2 Å². The topological polar surface area (TPSA) is 88.9 Å². The number of rotatable bonds is 7. The van der Waals surface area contributed by atoms with E-state index in [0.29, 0.717) is 21.6 Å². The summed E-state index contributed by atoms with van der Waals surface area (Å²) >= 11 is 13.3. The summed E-state index contributed by atoms with van der Waals surface area (Å²) in [6.45, 7) is 1.82. The summed E-state index contributed by atoms with van der Waals surface area (Å²) in [4.78, 5) is 24.8. The number of carbonyl (C=O) groups is 2. The first-order valence-electron chi connectivity index (χ1n) is 9.92. The lowest BCUT2D eigenvalue weighted by molar-refractivity contribution is -0.119. The lowest BCUT2D eigenvalue weighted by Crippen LogP contribution is -2.37. The molecular weight excluding hydrogens is 445 g/mol. The number of halogens is 2. The summed E-state index contributed by atoms with van der Waals surface area (Å²) in [5, 5.41) is 15.7. The van der Waals surface area contributed by atoms with E-state index in [1.165, 1.54) is 37.1 Å². The Hall–Kier alpha value is -1.77. The van der Waals surface area contributed by atoms with Crippen LogP contribution in [0.3, 0.4) is 0 Å². The van der Waals surface area contributed by atoms with Crippen LogP contribution in [-0.4, -0.2) is 38.4 Å². The molecule has 162 valence electrons. The summed E-state index contributed by atoms with van der Waals surface area (Å²) in [5.41, 5.74) is 0.337. The van der Waals surface area contributed by atoms with Crippen LogP contribution in [0.5, 0.6) is 0 Å². The molecule has 2 aromatic rings. The van der Waals surface area contributed by atoms with Crippen LogP contribution in [0.15, 0.2) is 23.4 Å². The van der Waals surface area contributed by atoms with E-state index in [4.69, 9.17) is 23.2 Å². The summed E-state index contributed by atoms with van der Waals surface area (Å²) in [6.07, 6.45) is 5.71. The SMILES string of the molecule is C[C@H](NC(=O)c1ccc(Cl)cc1Cl)c1nnc(SCC(=O)NC2CCCCC2)n1C. The van der Waals surface area contributed by atoms with Crippen molar-refractivity contribution < 1.29 is 9.59 Å². The number of benzene rings is 1. The van der Waals surface area contributed by atoms with Gasteiger partial charge in [0.15, 0.2) is 11.0 Å². The van der Waals surface area contributed by atoms with Gasteiger partial charge in [0.1, 0.15) is 0 Å². The van der Waals surface area contributed by atoms with E-state index in [2.05, 4.69) is 20.8 Å². The van der Waals surface area contributed by atoms with Crippen LogP contribution in [0.4, 0.5) is 0 Å². The fourth-order valence-corrected chi connectivity index (χ4v) is 4.71. The van der Waals surface area contributed by atoms with E-state index in [1.807, 2.05) is 14.0 Å². The molecule has 1 aromatic heterocycles. The van der Waals surface area contributed by atoms with Crippen molar-refractivity contribution in [2.75, 3.05) is 5.75 Å². The second kappa shape index (κ2) is 10.5. The minimum absolute atomic E-state index is 0.00943. The van der Waals surface area contributed by atoms with Crippen LogP contribution in [0.1, 0.15) is 61.3 Å². The monoisotopic (exact) mass is 469 g/mol. The fraction of sp³-hybridized carbons (Fsp3) is 0.500. The molecule has 1 aliphatic rings. The predicted molar refractivity (Wildman–Crippen MR) is 119 cm³/mol. The molecule has 0 saturated heterocycles. The zero-order valence-corrected chi connectivity index (χ0v) is 19.3. The molecule has 10 heteroatoms. The second-order valence-electron chi connectivity index (χ2n) is 7.41. The third-order valence-corrected chi connectivity index (χ3v) is 6.65. The molecular formula is C20H25Cl2N5O2S. The molecule has 0 unspecified atom stereocenters. The van der Waals surface area contributed by atoms with Crippen LogP contribution in [-0.2, 0) is 11.8 Å². The molecule has 1 atom stereocenters. The number of carbonyl (C=O) groups excluding carboxylic acids is 2. The first kappa shape index (κ1) is 22.9. The number of aromatic nitrogens is 3. The number of hydrogen-bond acceptors (Lipinski definition) is 5. The highest BCUT2D eigenvalue weighted by molar-refractivity contribution is 7.99. The Labute approximate surface area is 190 Å². The van der Waals surface area contributed by atoms with Gasteiger partial charge < -0.3 is 15.2 Å². The Morgan fingerprint density at radius 2 is 1.97 bits per heavy atom. The van der Waals surface area contributed by atoms with Crippen molar-refractivity contribution in [3.8, 4) is 0 Å². The van der Waals surface area contributed by atoms with Gasteiger partial charge in [0, 0.05) is 18.1 Å². The van der Waals surface area contributed by atoms with Crippen molar-refractivity contribution in [3.05, 3.63) is 39.6 Å². The molecule has 0 aliphatic heterocycles. The zero-order chi connectivity index (χ0) is 21.7. The standard InChI is InChI=1S/C20H25Cl2N5O2S/c1-12(23-19(29)15-9-8-13(21)10-16(15)22)18-25-26-20(27(18)2)30-11-17(28)24-14-6-4-3-5-7-14/h8-10,12,14H,3-7,11H2,1-2H3,(H,23,29)(H,24,28)/t12-/m0/s1. The smallest absolute Gasteiger partial charge is 0.253 e. The van der Waals surface area contributed by atoms with Gasteiger partial charge in [0.2, 0.25) is 5.91 Å². The second-order valence-corrected chi connectivity index (χ2v) is 9.20. The van der Waals surface area contributed by atoms with Crippen LogP contribution in [0, 0.1) is 0 Å². The quantitative estimate of drug-likeness (QED) is 0.594. The van der Waals surface area contributed by atoms with Crippen molar-refractivity contribution in [1.29, 1.82) is 0 Å². The van der Waals surface area contributed by atoms with E-state index >= 15 is 0 Å². The molecule has 0 spiro atoms. The van der Waals surface area contributed by atoms with E-state index in [1.54, 1.807) is 16.7 Å². The van der Waals surface area contributed by atoms with Gasteiger partial charge in [0.25, 0.3) is 5.91 Å². The Bertz CT molecular complexity index is 915. The Morgan fingerprint density at radius 1 is 1.23 bits per heavy atom. The maximum absolute atomic E-state index is 12.5.